The summed E-state index contributed by atoms with van der Waals surface area (Å²) in [6.45, 7) is 1.39. The van der Waals surface area contributed by atoms with Gasteiger partial charge >= 0.3 is 0 Å². The van der Waals surface area contributed by atoms with Gasteiger partial charge in [0.05, 0.1) is 37.4 Å². The Hall–Kier alpha value is -4.21. The lowest BCUT2D eigenvalue weighted by Crippen LogP contribution is -2.29. The van der Waals surface area contributed by atoms with Gasteiger partial charge in [-0.3, -0.25) is 4.79 Å². The number of para-hydroxylation sites is 1. The van der Waals surface area contributed by atoms with E-state index < -0.39 is 0 Å². The number of rotatable bonds is 8. The van der Waals surface area contributed by atoms with Crippen LogP contribution in [0.2, 0.25) is 0 Å². The Morgan fingerprint density at radius 1 is 1.10 bits per heavy atom. The van der Waals surface area contributed by atoms with Crippen LogP contribution in [0.4, 0.5) is 5.82 Å². The highest BCUT2D eigenvalue weighted by Gasteiger charge is 2.13. The molecule has 10 nitrogen and oxygen atoms in total. The number of fused-ring (bicyclic) bond motifs is 2. The van der Waals surface area contributed by atoms with Crippen LogP contribution in [0.3, 0.4) is 0 Å². The third-order valence-electron chi connectivity index (χ3n) is 4.87. The minimum atomic E-state index is -0.133. The van der Waals surface area contributed by atoms with E-state index in [2.05, 4.69) is 30.9 Å². The molecule has 1 aromatic carbocycles. The molecule has 5 rings (SSSR count). The van der Waals surface area contributed by atoms with Crippen molar-refractivity contribution >= 4 is 33.7 Å². The first-order valence-electron chi connectivity index (χ1n) is 9.81. The number of amides is 1. The molecular weight excluding hydrogens is 398 g/mol. The number of nitrogens with one attached hydrogen (secondary N) is 2. The van der Waals surface area contributed by atoms with Gasteiger partial charge in [-0.25, -0.2) is 14.6 Å². The third kappa shape index (κ3) is 3.95. The highest BCUT2D eigenvalue weighted by molar-refractivity contribution is 5.87. The van der Waals surface area contributed by atoms with Gasteiger partial charge in [0.2, 0.25) is 5.91 Å². The minimum Gasteiger partial charge on any atom is -0.467 e. The lowest BCUT2D eigenvalue weighted by atomic mass is 10.1. The van der Waals surface area contributed by atoms with E-state index in [4.69, 9.17) is 8.94 Å². The van der Waals surface area contributed by atoms with Crippen molar-refractivity contribution in [1.29, 1.82) is 0 Å². The second-order valence-electron chi connectivity index (χ2n) is 6.91. The smallest absolute Gasteiger partial charge is 0.226 e. The van der Waals surface area contributed by atoms with E-state index in [0.717, 1.165) is 16.5 Å². The summed E-state index contributed by atoms with van der Waals surface area (Å²) in [5, 5.41) is 16.2. The molecule has 4 heterocycles. The molecule has 0 bridgehead atoms. The SMILES string of the molecule is O=C(Cc1noc2ccccc12)NCCn1ncc2c(NCc3ccco3)ncnc21. The van der Waals surface area contributed by atoms with Crippen LogP contribution in [0.1, 0.15) is 11.5 Å². The van der Waals surface area contributed by atoms with Gasteiger partial charge in [0.25, 0.3) is 0 Å². The maximum Gasteiger partial charge on any atom is 0.226 e. The van der Waals surface area contributed by atoms with Crippen LogP contribution in [0, 0.1) is 0 Å². The van der Waals surface area contributed by atoms with E-state index in [1.165, 1.54) is 6.33 Å². The van der Waals surface area contributed by atoms with Crippen molar-refractivity contribution in [2.75, 3.05) is 11.9 Å². The minimum absolute atomic E-state index is 0.133. The lowest BCUT2D eigenvalue weighted by Gasteiger charge is -2.07. The van der Waals surface area contributed by atoms with Gasteiger partial charge in [0.15, 0.2) is 11.2 Å². The van der Waals surface area contributed by atoms with Crippen LogP contribution in [0.15, 0.2) is 64.1 Å². The van der Waals surface area contributed by atoms with E-state index in [9.17, 15) is 4.79 Å². The fourth-order valence-electron chi connectivity index (χ4n) is 3.36. The fourth-order valence-corrected chi connectivity index (χ4v) is 3.36. The number of furan rings is 1. The predicted octanol–water partition coefficient (Wildman–Crippen LogP) is 2.53. The zero-order chi connectivity index (χ0) is 21.0. The van der Waals surface area contributed by atoms with Crippen LogP contribution < -0.4 is 10.6 Å². The largest absolute Gasteiger partial charge is 0.467 e. The first kappa shape index (κ1) is 18.8. The zero-order valence-corrected chi connectivity index (χ0v) is 16.5. The maximum atomic E-state index is 12.3. The highest BCUT2D eigenvalue weighted by Crippen LogP contribution is 2.20. The third-order valence-corrected chi connectivity index (χ3v) is 4.87. The van der Waals surface area contributed by atoms with Crippen molar-refractivity contribution in [1.82, 2.24) is 30.2 Å². The van der Waals surface area contributed by atoms with Gasteiger partial charge in [-0.05, 0) is 24.3 Å². The molecule has 0 aliphatic rings. The van der Waals surface area contributed by atoms with Gasteiger partial charge in [-0.1, -0.05) is 17.3 Å². The summed E-state index contributed by atoms with van der Waals surface area (Å²) in [6.07, 6.45) is 4.98. The Morgan fingerprint density at radius 2 is 2.03 bits per heavy atom. The van der Waals surface area contributed by atoms with E-state index in [1.807, 2.05) is 36.4 Å². The van der Waals surface area contributed by atoms with Gasteiger partial charge in [0.1, 0.15) is 23.6 Å². The zero-order valence-electron chi connectivity index (χ0n) is 16.5. The molecule has 0 spiro atoms. The number of carbonyl (C=O) groups is 1. The van der Waals surface area contributed by atoms with Gasteiger partial charge in [-0.2, -0.15) is 5.10 Å². The number of aromatic nitrogens is 5. The van der Waals surface area contributed by atoms with Crippen molar-refractivity contribution in [2.24, 2.45) is 0 Å². The van der Waals surface area contributed by atoms with Gasteiger partial charge < -0.3 is 19.6 Å². The average Bonchev–Trinajstić information content (AvgIpc) is 3.53. The van der Waals surface area contributed by atoms with Crippen molar-refractivity contribution in [3.05, 3.63) is 66.6 Å². The van der Waals surface area contributed by atoms with Crippen molar-refractivity contribution in [2.45, 2.75) is 19.5 Å². The molecule has 4 aromatic heterocycles. The van der Waals surface area contributed by atoms with E-state index in [0.29, 0.717) is 42.4 Å². The Balaban J connectivity index is 1.20. The van der Waals surface area contributed by atoms with Crippen LogP contribution in [0.5, 0.6) is 0 Å². The summed E-state index contributed by atoms with van der Waals surface area (Å²) < 4.78 is 12.3. The van der Waals surface area contributed by atoms with Crippen molar-refractivity contribution in [3.63, 3.8) is 0 Å². The molecule has 5 aromatic rings. The fraction of sp³-hybridized carbons (Fsp3) is 0.190. The summed E-state index contributed by atoms with van der Waals surface area (Å²) in [6, 6.07) is 11.2. The molecule has 156 valence electrons. The summed E-state index contributed by atoms with van der Waals surface area (Å²) in [5.41, 5.74) is 1.98. The number of hydrogen-bond donors (Lipinski definition) is 2. The predicted molar refractivity (Wildman–Crippen MR) is 112 cm³/mol. The quantitative estimate of drug-likeness (QED) is 0.395. The van der Waals surface area contributed by atoms with Gasteiger partial charge in [-0.15, -0.1) is 0 Å². The van der Waals surface area contributed by atoms with E-state index >= 15 is 0 Å². The number of hydrogen-bond acceptors (Lipinski definition) is 8. The molecule has 31 heavy (non-hydrogen) atoms. The Kier molecular flexibility index (Phi) is 5.01. The molecule has 0 saturated heterocycles. The van der Waals surface area contributed by atoms with Crippen LogP contribution in [-0.2, 0) is 24.3 Å². The highest BCUT2D eigenvalue weighted by atomic mass is 16.5. The van der Waals surface area contributed by atoms with Crippen molar-refractivity contribution < 1.29 is 13.7 Å². The Morgan fingerprint density at radius 3 is 2.94 bits per heavy atom. The Bertz CT molecular complexity index is 1320. The van der Waals surface area contributed by atoms with Crippen LogP contribution in [-0.4, -0.2) is 37.4 Å². The number of nitrogens with zero attached hydrogens (tertiary/aromatic N) is 5. The second kappa shape index (κ2) is 8.27. The lowest BCUT2D eigenvalue weighted by molar-refractivity contribution is -0.120. The summed E-state index contributed by atoms with van der Waals surface area (Å²) in [4.78, 5) is 21.0. The van der Waals surface area contributed by atoms with Gasteiger partial charge in [0, 0.05) is 11.9 Å². The Labute approximate surface area is 176 Å². The first-order chi connectivity index (χ1) is 15.3. The monoisotopic (exact) mass is 417 g/mol. The summed E-state index contributed by atoms with van der Waals surface area (Å²) in [5.74, 6) is 1.35. The normalized spacial score (nSPS) is 11.2. The average molecular weight is 417 g/mol. The standard InChI is InChI=1S/C21H19N7O3/c29-19(10-17-15-5-1-2-6-18(15)31-27-17)22-7-8-28-21-16(12-26-28)20(24-13-25-21)23-11-14-4-3-9-30-14/h1-6,9,12-13H,7-8,10-11H2,(H,22,29)(H,23,24,25). The molecule has 0 atom stereocenters. The molecule has 2 N–H and O–H groups in total. The first-order valence-corrected chi connectivity index (χ1v) is 9.81. The molecule has 0 fully saturated rings. The molecule has 10 heteroatoms. The summed E-state index contributed by atoms with van der Waals surface area (Å²) in [7, 11) is 0. The molecule has 0 saturated carbocycles. The molecule has 0 radical (unpaired) electrons. The molecule has 1 amide bonds. The van der Waals surface area contributed by atoms with E-state index in [1.54, 1.807) is 17.1 Å². The van der Waals surface area contributed by atoms with Crippen LogP contribution in [0.25, 0.3) is 22.0 Å². The second-order valence-corrected chi connectivity index (χ2v) is 6.91. The number of carbonyl (C=O) groups excluding carboxylic acids is 1. The molecule has 0 aliphatic carbocycles. The number of anilines is 1. The molecular formula is C21H19N7O3. The summed E-state index contributed by atoms with van der Waals surface area (Å²) >= 11 is 0. The van der Waals surface area contributed by atoms with Crippen LogP contribution >= 0.6 is 0 Å². The van der Waals surface area contributed by atoms with E-state index in [-0.39, 0.29) is 12.3 Å². The topological polar surface area (TPSA) is 124 Å². The molecule has 0 aliphatic heterocycles. The number of benzene rings is 1. The maximum absolute atomic E-state index is 12.3. The van der Waals surface area contributed by atoms with Crippen molar-refractivity contribution in [3.8, 4) is 0 Å². The molecule has 0 unspecified atom stereocenters.